The van der Waals surface area contributed by atoms with E-state index >= 15 is 0 Å². The molecule has 0 aliphatic heterocycles. The van der Waals surface area contributed by atoms with E-state index in [4.69, 9.17) is 9.47 Å². The van der Waals surface area contributed by atoms with Crippen LogP contribution in [0.3, 0.4) is 0 Å². The summed E-state index contributed by atoms with van der Waals surface area (Å²) in [4.78, 5) is 12.3. The maximum atomic E-state index is 11.9. The monoisotopic (exact) mass is 341 g/mol. The van der Waals surface area contributed by atoms with Crippen molar-refractivity contribution in [1.82, 2.24) is 5.32 Å². The Morgan fingerprint density at radius 2 is 2.05 bits per heavy atom. The lowest BCUT2D eigenvalue weighted by atomic mass is 10.1. The van der Waals surface area contributed by atoms with E-state index in [1.54, 1.807) is 14.2 Å². The highest BCUT2D eigenvalue weighted by Gasteiger charge is 2.29. The first kappa shape index (κ1) is 15.2. The van der Waals surface area contributed by atoms with Gasteiger partial charge in [0.1, 0.15) is 0 Å². The molecule has 0 saturated heterocycles. The third-order valence-electron chi connectivity index (χ3n) is 3.44. The van der Waals surface area contributed by atoms with Crippen molar-refractivity contribution in [1.29, 1.82) is 0 Å². The second-order valence-corrected chi connectivity index (χ2v) is 6.20. The Morgan fingerprint density at radius 1 is 1.35 bits per heavy atom. The second kappa shape index (κ2) is 6.97. The van der Waals surface area contributed by atoms with Gasteiger partial charge in [0.05, 0.1) is 20.6 Å². The Hall–Kier alpha value is -1.23. The van der Waals surface area contributed by atoms with Gasteiger partial charge in [-0.25, -0.2) is 0 Å². The maximum Gasteiger partial charge on any atom is 0.224 e. The molecule has 1 unspecified atom stereocenters. The topological polar surface area (TPSA) is 47.6 Å². The fourth-order valence-corrected chi connectivity index (χ4v) is 2.76. The summed E-state index contributed by atoms with van der Waals surface area (Å²) < 4.78 is 10.4. The molecule has 0 radical (unpaired) electrons. The van der Waals surface area contributed by atoms with Crippen LogP contribution in [0.2, 0.25) is 0 Å². The van der Waals surface area contributed by atoms with Crippen molar-refractivity contribution in [2.24, 2.45) is 5.92 Å². The zero-order chi connectivity index (χ0) is 14.5. The molecule has 0 bridgehead atoms. The van der Waals surface area contributed by atoms with Gasteiger partial charge in [-0.2, -0.15) is 0 Å². The molecule has 1 aliphatic rings. The Kier molecular flexibility index (Phi) is 5.29. The van der Waals surface area contributed by atoms with Crippen LogP contribution < -0.4 is 14.8 Å². The zero-order valence-electron chi connectivity index (χ0n) is 11.8. The molecule has 5 heteroatoms. The van der Waals surface area contributed by atoms with Crippen molar-refractivity contribution in [3.63, 3.8) is 0 Å². The number of carbonyl (C=O) groups is 1. The smallest absolute Gasteiger partial charge is 0.224 e. The van der Waals surface area contributed by atoms with Crippen LogP contribution >= 0.6 is 15.9 Å². The highest BCUT2D eigenvalue weighted by atomic mass is 79.9. The lowest BCUT2D eigenvalue weighted by molar-refractivity contribution is -0.120. The average molecular weight is 342 g/mol. The van der Waals surface area contributed by atoms with E-state index in [0.717, 1.165) is 11.5 Å². The van der Waals surface area contributed by atoms with Gasteiger partial charge in [0.2, 0.25) is 5.91 Å². The van der Waals surface area contributed by atoms with Crippen LogP contribution in [0.5, 0.6) is 11.5 Å². The fraction of sp³-hybridized carbons (Fsp3) is 0.533. The highest BCUT2D eigenvalue weighted by molar-refractivity contribution is 9.09. The van der Waals surface area contributed by atoms with Crippen LogP contribution in [0, 0.1) is 5.92 Å². The molecule has 0 spiro atoms. The molecule has 1 amide bonds. The summed E-state index contributed by atoms with van der Waals surface area (Å²) >= 11 is 3.61. The first-order valence-corrected chi connectivity index (χ1v) is 7.67. The molecule has 1 saturated carbocycles. The number of methoxy groups -OCH3 is 2. The van der Waals surface area contributed by atoms with Crippen molar-refractivity contribution in [3.8, 4) is 11.5 Å². The zero-order valence-corrected chi connectivity index (χ0v) is 13.4. The third kappa shape index (κ3) is 4.13. The van der Waals surface area contributed by atoms with Gasteiger partial charge in [0.25, 0.3) is 0 Å². The summed E-state index contributed by atoms with van der Waals surface area (Å²) in [5, 5.41) is 2.96. The van der Waals surface area contributed by atoms with Crippen LogP contribution in [0.25, 0.3) is 0 Å². The summed E-state index contributed by atoms with van der Waals surface area (Å²) in [6.45, 7) is 0.691. The van der Waals surface area contributed by atoms with Gasteiger partial charge >= 0.3 is 0 Å². The van der Waals surface area contributed by atoms with Crippen LogP contribution in [0.15, 0.2) is 18.2 Å². The summed E-state index contributed by atoms with van der Waals surface area (Å²) in [5.41, 5.74) is 0.915. The number of alkyl halides is 1. The standard InChI is InChI=1S/C15H20BrNO3/c1-19-13-6-3-10(7-14(13)20-2)8-15(18)17-9-12(16)11-4-5-11/h3,6-7,11-12H,4-5,8-9H2,1-2H3,(H,17,18). The lowest BCUT2D eigenvalue weighted by Gasteiger charge is -2.11. The molecule has 0 heterocycles. The number of nitrogens with one attached hydrogen (secondary N) is 1. The van der Waals surface area contributed by atoms with Gasteiger partial charge in [0.15, 0.2) is 11.5 Å². The van der Waals surface area contributed by atoms with Crippen LogP contribution in [0.4, 0.5) is 0 Å². The third-order valence-corrected chi connectivity index (χ3v) is 4.51. The van der Waals surface area contributed by atoms with Crippen LogP contribution in [-0.2, 0) is 11.2 Å². The molecule has 4 nitrogen and oxygen atoms in total. The molecule has 1 aromatic rings. The van der Waals surface area contributed by atoms with Gasteiger partial charge in [-0.3, -0.25) is 4.79 Å². The molecular formula is C15H20BrNO3. The van der Waals surface area contributed by atoms with Gasteiger partial charge in [-0.05, 0) is 36.5 Å². The second-order valence-electron chi connectivity index (χ2n) is 5.02. The minimum absolute atomic E-state index is 0.0299. The highest BCUT2D eigenvalue weighted by Crippen LogP contribution is 2.36. The fourth-order valence-electron chi connectivity index (χ4n) is 2.07. The molecule has 1 N–H and O–H groups in total. The van der Waals surface area contributed by atoms with Crippen molar-refractivity contribution in [2.45, 2.75) is 24.1 Å². The first-order chi connectivity index (χ1) is 9.63. The minimum Gasteiger partial charge on any atom is -0.493 e. The van der Waals surface area contributed by atoms with E-state index < -0.39 is 0 Å². The van der Waals surface area contributed by atoms with Crippen LogP contribution in [0.1, 0.15) is 18.4 Å². The molecular weight excluding hydrogens is 322 g/mol. The van der Waals surface area contributed by atoms with E-state index in [1.807, 2.05) is 18.2 Å². The largest absolute Gasteiger partial charge is 0.493 e. The van der Waals surface area contributed by atoms with Crippen molar-refractivity contribution < 1.29 is 14.3 Å². The molecule has 110 valence electrons. The SMILES string of the molecule is COc1ccc(CC(=O)NCC(Br)C2CC2)cc1OC. The number of rotatable bonds is 7. The maximum absolute atomic E-state index is 11.9. The Bertz CT molecular complexity index is 474. The number of hydrogen-bond acceptors (Lipinski definition) is 3. The Labute approximate surface area is 128 Å². The number of hydrogen-bond donors (Lipinski definition) is 1. The number of halogens is 1. The predicted molar refractivity (Wildman–Crippen MR) is 81.7 cm³/mol. The van der Waals surface area contributed by atoms with Gasteiger partial charge in [-0.1, -0.05) is 22.0 Å². The first-order valence-electron chi connectivity index (χ1n) is 6.75. The molecule has 1 fully saturated rings. The molecule has 0 aromatic heterocycles. The quantitative estimate of drug-likeness (QED) is 0.775. The van der Waals surface area contributed by atoms with E-state index in [1.165, 1.54) is 12.8 Å². The van der Waals surface area contributed by atoms with Gasteiger partial charge < -0.3 is 14.8 Å². The predicted octanol–water partition coefficient (Wildman–Crippen LogP) is 2.54. The van der Waals surface area contributed by atoms with E-state index in [-0.39, 0.29) is 5.91 Å². The average Bonchev–Trinajstić information content (AvgIpc) is 3.29. The summed E-state index contributed by atoms with van der Waals surface area (Å²) in [5.74, 6) is 2.08. The van der Waals surface area contributed by atoms with E-state index in [2.05, 4.69) is 21.2 Å². The summed E-state index contributed by atoms with van der Waals surface area (Å²) in [6, 6.07) is 5.54. The number of ether oxygens (including phenoxy) is 2. The van der Waals surface area contributed by atoms with Gasteiger partial charge in [0, 0.05) is 11.4 Å². The Morgan fingerprint density at radius 3 is 2.65 bits per heavy atom. The number of carbonyl (C=O) groups excluding carboxylic acids is 1. The van der Waals surface area contributed by atoms with Gasteiger partial charge in [-0.15, -0.1) is 0 Å². The number of amides is 1. The van der Waals surface area contributed by atoms with Crippen molar-refractivity contribution in [2.75, 3.05) is 20.8 Å². The minimum atomic E-state index is 0.0299. The normalized spacial score (nSPS) is 15.6. The van der Waals surface area contributed by atoms with Crippen LogP contribution in [-0.4, -0.2) is 31.5 Å². The molecule has 1 atom stereocenters. The van der Waals surface area contributed by atoms with Crippen molar-refractivity contribution in [3.05, 3.63) is 23.8 Å². The summed E-state index contributed by atoms with van der Waals surface area (Å²) in [7, 11) is 3.19. The number of benzene rings is 1. The Balaban J connectivity index is 1.86. The van der Waals surface area contributed by atoms with Crippen molar-refractivity contribution >= 4 is 21.8 Å². The molecule has 2 rings (SSSR count). The molecule has 20 heavy (non-hydrogen) atoms. The van der Waals surface area contributed by atoms with E-state index in [9.17, 15) is 4.79 Å². The summed E-state index contributed by atoms with van der Waals surface area (Å²) in [6.07, 6.45) is 2.88. The molecule has 1 aromatic carbocycles. The lowest BCUT2D eigenvalue weighted by Crippen LogP contribution is -2.31. The molecule has 1 aliphatic carbocycles. The van der Waals surface area contributed by atoms with E-state index in [0.29, 0.717) is 29.3 Å².